The zero-order valence-electron chi connectivity index (χ0n) is 19.2. The molecule has 1 fully saturated rings. The number of hydrogen-bond acceptors (Lipinski definition) is 4. The highest BCUT2D eigenvalue weighted by atomic mass is 16.3. The summed E-state index contributed by atoms with van der Waals surface area (Å²) in [7, 11) is 0. The van der Waals surface area contributed by atoms with Gasteiger partial charge in [0, 0.05) is 13.3 Å². The van der Waals surface area contributed by atoms with Crippen molar-refractivity contribution in [3.8, 4) is 11.1 Å². The Labute approximate surface area is 200 Å². The Bertz CT molecular complexity index is 1160. The maximum Gasteiger partial charge on any atom is 0.345 e. The molecule has 174 valence electrons. The molecule has 1 unspecified atom stereocenters. The maximum absolute atomic E-state index is 13.4. The molecule has 4 rings (SSSR count). The number of amides is 2. The fourth-order valence-electron chi connectivity index (χ4n) is 4.38. The van der Waals surface area contributed by atoms with E-state index in [1.165, 1.54) is 11.2 Å². The molecule has 2 amide bonds. The summed E-state index contributed by atoms with van der Waals surface area (Å²) in [5, 5.41) is 14.6. The van der Waals surface area contributed by atoms with Gasteiger partial charge in [-0.3, -0.25) is 0 Å². The summed E-state index contributed by atoms with van der Waals surface area (Å²) in [6.45, 7) is 4.27. The van der Waals surface area contributed by atoms with Crippen molar-refractivity contribution in [1.29, 1.82) is 0 Å². The van der Waals surface area contributed by atoms with Crippen molar-refractivity contribution >= 4 is 18.4 Å². The third-order valence-electron chi connectivity index (χ3n) is 6.20. The van der Waals surface area contributed by atoms with Crippen LogP contribution in [0.2, 0.25) is 0 Å². The van der Waals surface area contributed by atoms with Crippen molar-refractivity contribution in [2.75, 3.05) is 6.54 Å². The summed E-state index contributed by atoms with van der Waals surface area (Å²) in [5.41, 5.74) is 11.6. The van der Waals surface area contributed by atoms with Crippen LogP contribution in [0.5, 0.6) is 0 Å². The number of rotatable bonds is 6. The number of carbonyl (C=O) groups is 1. The van der Waals surface area contributed by atoms with Crippen molar-refractivity contribution < 1.29 is 9.90 Å². The molecular formula is C28H30N4O2. The van der Waals surface area contributed by atoms with Gasteiger partial charge in [0.25, 0.3) is 0 Å². The van der Waals surface area contributed by atoms with Crippen molar-refractivity contribution in [2.45, 2.75) is 31.9 Å². The molecule has 6 heteroatoms. The Morgan fingerprint density at radius 1 is 1.06 bits per heavy atom. The van der Waals surface area contributed by atoms with Crippen LogP contribution in [0, 0.1) is 0 Å². The van der Waals surface area contributed by atoms with Gasteiger partial charge in [-0.25, -0.2) is 4.79 Å². The van der Waals surface area contributed by atoms with Gasteiger partial charge < -0.3 is 15.7 Å². The van der Waals surface area contributed by atoms with Gasteiger partial charge >= 0.3 is 6.03 Å². The average molecular weight is 455 g/mol. The van der Waals surface area contributed by atoms with E-state index >= 15 is 0 Å². The summed E-state index contributed by atoms with van der Waals surface area (Å²) in [6, 6.07) is 25.4. The summed E-state index contributed by atoms with van der Waals surface area (Å²) in [4.78, 5) is 15.2. The van der Waals surface area contributed by atoms with E-state index in [1.54, 1.807) is 0 Å². The van der Waals surface area contributed by atoms with Crippen LogP contribution in [0.4, 0.5) is 4.79 Å². The van der Waals surface area contributed by atoms with Gasteiger partial charge in [-0.15, -0.1) is 0 Å². The molecule has 3 aromatic carbocycles. The van der Waals surface area contributed by atoms with Crippen LogP contribution in [0.1, 0.15) is 42.0 Å². The topological polar surface area (TPSA) is 82.2 Å². The number of urea groups is 1. The van der Waals surface area contributed by atoms with Crippen molar-refractivity contribution in [1.82, 2.24) is 9.91 Å². The molecule has 1 aliphatic heterocycles. The number of nitrogens with zero attached hydrogens (tertiary/aromatic N) is 3. The summed E-state index contributed by atoms with van der Waals surface area (Å²) in [5.74, 6) is 0. The molecule has 34 heavy (non-hydrogen) atoms. The van der Waals surface area contributed by atoms with Crippen LogP contribution >= 0.6 is 0 Å². The number of nitrogens with two attached hydrogens (primary N) is 1. The molecule has 0 aliphatic carbocycles. The van der Waals surface area contributed by atoms with Crippen LogP contribution in [-0.2, 0) is 6.61 Å². The quantitative estimate of drug-likeness (QED) is 0.388. The van der Waals surface area contributed by atoms with Gasteiger partial charge in [0.1, 0.15) is 0 Å². The second kappa shape index (κ2) is 10.8. The predicted molar refractivity (Wildman–Crippen MR) is 136 cm³/mol. The maximum atomic E-state index is 13.4. The molecule has 0 radical (unpaired) electrons. The minimum atomic E-state index is -0.232. The first-order valence-electron chi connectivity index (χ1n) is 11.5. The van der Waals surface area contributed by atoms with Crippen molar-refractivity contribution in [3.05, 3.63) is 102 Å². The molecule has 3 N–H and O–H groups in total. The molecule has 1 atom stereocenters. The zero-order chi connectivity index (χ0) is 23.9. The largest absolute Gasteiger partial charge is 0.397 e. The normalized spacial score (nSPS) is 16.2. The first-order chi connectivity index (χ1) is 16.6. The number of piperidine rings is 1. The molecule has 0 spiro atoms. The van der Waals surface area contributed by atoms with Crippen molar-refractivity contribution in [3.63, 3.8) is 0 Å². The Kier molecular flexibility index (Phi) is 7.40. The average Bonchev–Trinajstić information content (AvgIpc) is 2.91. The van der Waals surface area contributed by atoms with Gasteiger partial charge in [-0.05, 0) is 53.1 Å². The Morgan fingerprint density at radius 3 is 2.53 bits per heavy atom. The van der Waals surface area contributed by atoms with Crippen LogP contribution in [0.3, 0.4) is 0 Å². The van der Waals surface area contributed by atoms with E-state index in [1.807, 2.05) is 71.6 Å². The van der Waals surface area contributed by atoms with Gasteiger partial charge in [0.2, 0.25) is 0 Å². The Morgan fingerprint density at radius 2 is 1.82 bits per heavy atom. The van der Waals surface area contributed by atoms with Crippen LogP contribution < -0.4 is 5.73 Å². The van der Waals surface area contributed by atoms with Crippen molar-refractivity contribution in [2.24, 2.45) is 10.8 Å². The number of aliphatic hydroxyl groups is 1. The standard InChI is InChI=1S/C28H30N4O2/c1-30-32(28(34)31-17-6-5-12-27(31)24-9-3-2-4-10-24)19-26(29)23-15-13-22(14-16-23)25-11-7-8-21(18-25)20-33/h2-4,7-11,13-16,18-19,27,33H,1,5-6,12,17,20,29H2/b26-19-. The molecule has 0 saturated carbocycles. The second-order valence-electron chi connectivity index (χ2n) is 8.40. The van der Waals surface area contributed by atoms with E-state index in [2.05, 4.69) is 24.0 Å². The minimum Gasteiger partial charge on any atom is -0.397 e. The van der Waals surface area contributed by atoms with Gasteiger partial charge in [-0.1, -0.05) is 72.8 Å². The molecule has 0 bridgehead atoms. The number of benzene rings is 3. The third kappa shape index (κ3) is 5.18. The molecule has 3 aromatic rings. The number of hydrazone groups is 1. The Hall–Kier alpha value is -3.90. The minimum absolute atomic E-state index is 0.00216. The third-order valence-corrected chi connectivity index (χ3v) is 6.20. The van der Waals surface area contributed by atoms with Gasteiger partial charge in [0.05, 0.1) is 24.5 Å². The lowest BCUT2D eigenvalue weighted by Gasteiger charge is -2.37. The molecule has 0 aromatic heterocycles. The number of hydrogen-bond donors (Lipinski definition) is 2. The molecule has 1 saturated heterocycles. The highest BCUT2D eigenvalue weighted by Crippen LogP contribution is 2.32. The Balaban J connectivity index is 1.53. The molecule has 1 heterocycles. The number of likely N-dealkylation sites (tertiary alicyclic amines) is 1. The summed E-state index contributed by atoms with van der Waals surface area (Å²) >= 11 is 0. The molecule has 1 aliphatic rings. The molecule has 6 nitrogen and oxygen atoms in total. The van der Waals surface area contributed by atoms with Crippen LogP contribution in [0.25, 0.3) is 16.8 Å². The summed E-state index contributed by atoms with van der Waals surface area (Å²) < 4.78 is 0. The lowest BCUT2D eigenvalue weighted by Crippen LogP contribution is -2.43. The SMILES string of the molecule is C=NN(/C=C(\N)c1ccc(-c2cccc(CO)c2)cc1)C(=O)N1CCCCC1c1ccccc1. The van der Waals surface area contributed by atoms with Crippen LogP contribution in [-0.4, -0.2) is 34.3 Å². The monoisotopic (exact) mass is 454 g/mol. The number of aliphatic hydroxyl groups excluding tert-OH is 1. The van der Waals surface area contributed by atoms with E-state index in [4.69, 9.17) is 5.73 Å². The van der Waals surface area contributed by atoms with Gasteiger partial charge in [-0.2, -0.15) is 10.1 Å². The zero-order valence-corrected chi connectivity index (χ0v) is 19.2. The van der Waals surface area contributed by atoms with Crippen LogP contribution in [0.15, 0.2) is 90.2 Å². The highest BCUT2D eigenvalue weighted by Gasteiger charge is 2.30. The smallest absolute Gasteiger partial charge is 0.345 e. The fraction of sp³-hybridized carbons (Fsp3) is 0.214. The first kappa shape index (κ1) is 23.3. The highest BCUT2D eigenvalue weighted by molar-refractivity contribution is 5.79. The summed E-state index contributed by atoms with van der Waals surface area (Å²) in [6.07, 6.45) is 4.49. The second-order valence-corrected chi connectivity index (χ2v) is 8.40. The number of carbonyl (C=O) groups excluding carboxylic acids is 1. The van der Waals surface area contributed by atoms with E-state index in [0.717, 1.165) is 47.1 Å². The lowest BCUT2D eigenvalue weighted by atomic mass is 9.95. The van der Waals surface area contributed by atoms with E-state index in [-0.39, 0.29) is 18.7 Å². The fourth-order valence-corrected chi connectivity index (χ4v) is 4.38. The lowest BCUT2D eigenvalue weighted by molar-refractivity contribution is 0.129. The van der Waals surface area contributed by atoms with E-state index < -0.39 is 0 Å². The molecular weight excluding hydrogens is 424 g/mol. The van der Waals surface area contributed by atoms with E-state index in [0.29, 0.717) is 12.2 Å². The first-order valence-corrected chi connectivity index (χ1v) is 11.5. The van der Waals surface area contributed by atoms with E-state index in [9.17, 15) is 9.90 Å². The van der Waals surface area contributed by atoms with Gasteiger partial charge in [0.15, 0.2) is 0 Å². The predicted octanol–water partition coefficient (Wildman–Crippen LogP) is 5.37.